The molecule has 0 spiro atoms. The van der Waals surface area contributed by atoms with Gasteiger partial charge in [0, 0.05) is 27.2 Å². The monoisotopic (exact) mass is 413 g/mol. The molecule has 0 aliphatic heterocycles. The summed E-state index contributed by atoms with van der Waals surface area (Å²) in [5, 5.41) is 0.700. The van der Waals surface area contributed by atoms with Crippen molar-refractivity contribution in [2.24, 2.45) is 0 Å². The molecule has 0 atom stereocenters. The predicted molar refractivity (Wildman–Crippen MR) is 96.9 cm³/mol. The van der Waals surface area contributed by atoms with Crippen LogP contribution in [0.15, 0.2) is 42.5 Å². The van der Waals surface area contributed by atoms with Crippen LogP contribution in [0.25, 0.3) is 11.1 Å². The Kier molecular flexibility index (Phi) is 5.65. The Bertz CT molecular complexity index is 653. The van der Waals surface area contributed by atoms with E-state index in [1.165, 1.54) is 0 Å². The SMILES string of the molecule is CCN(CC)C(=O)c1cccc(-c2cc(Cl)ccc2I)c1. The Labute approximate surface area is 144 Å². The number of hydrogen-bond acceptors (Lipinski definition) is 1. The molecule has 4 heteroatoms. The summed E-state index contributed by atoms with van der Waals surface area (Å²) in [6.45, 7) is 5.42. The van der Waals surface area contributed by atoms with Crippen molar-refractivity contribution in [2.45, 2.75) is 13.8 Å². The van der Waals surface area contributed by atoms with Crippen molar-refractivity contribution < 1.29 is 4.79 Å². The van der Waals surface area contributed by atoms with Gasteiger partial charge in [-0.05, 0) is 77.9 Å². The molecule has 0 saturated carbocycles. The zero-order valence-corrected chi connectivity index (χ0v) is 15.0. The third-order valence-electron chi connectivity index (χ3n) is 3.40. The van der Waals surface area contributed by atoms with E-state index in [1.807, 2.05) is 61.2 Å². The average molecular weight is 414 g/mol. The van der Waals surface area contributed by atoms with Crippen LogP contribution in [-0.2, 0) is 0 Å². The van der Waals surface area contributed by atoms with Crippen LogP contribution in [0.2, 0.25) is 5.02 Å². The van der Waals surface area contributed by atoms with Gasteiger partial charge in [-0.2, -0.15) is 0 Å². The molecule has 0 radical (unpaired) electrons. The van der Waals surface area contributed by atoms with Gasteiger partial charge in [0.2, 0.25) is 0 Å². The smallest absolute Gasteiger partial charge is 0.253 e. The Morgan fingerprint density at radius 3 is 2.52 bits per heavy atom. The van der Waals surface area contributed by atoms with Crippen LogP contribution in [0.5, 0.6) is 0 Å². The number of carbonyl (C=O) groups is 1. The van der Waals surface area contributed by atoms with Crippen LogP contribution in [0.3, 0.4) is 0 Å². The fraction of sp³-hybridized carbons (Fsp3) is 0.235. The van der Waals surface area contributed by atoms with Crippen molar-refractivity contribution >= 4 is 40.1 Å². The molecule has 0 aliphatic carbocycles. The molecule has 2 aromatic carbocycles. The lowest BCUT2D eigenvalue weighted by Crippen LogP contribution is -2.30. The van der Waals surface area contributed by atoms with Crippen molar-refractivity contribution in [3.63, 3.8) is 0 Å². The molecule has 2 aromatic rings. The lowest BCUT2D eigenvalue weighted by Gasteiger charge is -2.19. The minimum Gasteiger partial charge on any atom is -0.339 e. The van der Waals surface area contributed by atoms with Gasteiger partial charge in [-0.3, -0.25) is 4.79 Å². The second-order valence-electron chi connectivity index (χ2n) is 4.68. The largest absolute Gasteiger partial charge is 0.339 e. The summed E-state index contributed by atoms with van der Waals surface area (Å²) >= 11 is 8.37. The summed E-state index contributed by atoms with van der Waals surface area (Å²) in [6, 6.07) is 13.5. The number of halogens is 2. The van der Waals surface area contributed by atoms with Crippen molar-refractivity contribution in [1.82, 2.24) is 4.90 Å². The van der Waals surface area contributed by atoms with Crippen molar-refractivity contribution in [3.05, 3.63) is 56.6 Å². The number of rotatable bonds is 4. The van der Waals surface area contributed by atoms with Gasteiger partial charge < -0.3 is 4.90 Å². The minimum absolute atomic E-state index is 0.0684. The lowest BCUT2D eigenvalue weighted by atomic mass is 10.0. The fourth-order valence-electron chi connectivity index (χ4n) is 2.23. The molecule has 21 heavy (non-hydrogen) atoms. The molecule has 2 nitrogen and oxygen atoms in total. The number of nitrogens with zero attached hydrogens (tertiary/aromatic N) is 1. The van der Waals surface area contributed by atoms with Gasteiger partial charge in [-0.15, -0.1) is 0 Å². The van der Waals surface area contributed by atoms with Gasteiger partial charge >= 0.3 is 0 Å². The highest BCUT2D eigenvalue weighted by Crippen LogP contribution is 2.29. The highest BCUT2D eigenvalue weighted by Gasteiger charge is 2.13. The molecule has 0 bridgehead atoms. The van der Waals surface area contributed by atoms with E-state index in [-0.39, 0.29) is 5.91 Å². The number of carbonyl (C=O) groups excluding carboxylic acids is 1. The summed E-state index contributed by atoms with van der Waals surface area (Å²) in [7, 11) is 0. The fourth-order valence-corrected chi connectivity index (χ4v) is 3.05. The van der Waals surface area contributed by atoms with E-state index >= 15 is 0 Å². The van der Waals surface area contributed by atoms with Gasteiger partial charge in [0.15, 0.2) is 0 Å². The third-order valence-corrected chi connectivity index (χ3v) is 4.58. The Hall–Kier alpha value is -1.07. The van der Waals surface area contributed by atoms with Crippen LogP contribution in [0, 0.1) is 3.57 Å². The van der Waals surface area contributed by atoms with E-state index in [9.17, 15) is 4.79 Å². The zero-order chi connectivity index (χ0) is 15.4. The molecule has 0 saturated heterocycles. The second kappa shape index (κ2) is 7.27. The Balaban J connectivity index is 2.42. The van der Waals surface area contributed by atoms with E-state index in [1.54, 1.807) is 0 Å². The van der Waals surface area contributed by atoms with Crippen LogP contribution in [0.1, 0.15) is 24.2 Å². The molecule has 0 aromatic heterocycles. The molecule has 0 N–H and O–H groups in total. The van der Waals surface area contributed by atoms with E-state index < -0.39 is 0 Å². The first-order chi connectivity index (χ1) is 10.1. The molecule has 0 heterocycles. The van der Waals surface area contributed by atoms with Gasteiger partial charge in [0.25, 0.3) is 5.91 Å². The normalized spacial score (nSPS) is 10.5. The highest BCUT2D eigenvalue weighted by atomic mass is 127. The molecule has 2 rings (SSSR count). The summed E-state index contributed by atoms with van der Waals surface area (Å²) in [6.07, 6.45) is 0. The van der Waals surface area contributed by atoms with Gasteiger partial charge in [-0.1, -0.05) is 23.7 Å². The molecule has 0 aliphatic rings. The number of amides is 1. The lowest BCUT2D eigenvalue weighted by molar-refractivity contribution is 0.0773. The predicted octanol–water partition coefficient (Wildman–Crippen LogP) is 5.09. The maximum atomic E-state index is 12.4. The molecule has 110 valence electrons. The minimum atomic E-state index is 0.0684. The summed E-state index contributed by atoms with van der Waals surface area (Å²) in [5.74, 6) is 0.0684. The summed E-state index contributed by atoms with van der Waals surface area (Å²) in [4.78, 5) is 14.3. The standard InChI is InChI=1S/C17H17ClINO/c1-3-20(4-2)17(21)13-7-5-6-12(10-13)15-11-14(18)8-9-16(15)19/h5-11H,3-4H2,1-2H3. The first kappa shape index (κ1) is 16.3. The molecule has 1 amide bonds. The molecular weight excluding hydrogens is 397 g/mol. The van der Waals surface area contributed by atoms with E-state index in [0.29, 0.717) is 23.7 Å². The topological polar surface area (TPSA) is 20.3 Å². The van der Waals surface area contributed by atoms with Gasteiger partial charge in [-0.25, -0.2) is 0 Å². The zero-order valence-electron chi connectivity index (χ0n) is 12.1. The van der Waals surface area contributed by atoms with E-state index in [2.05, 4.69) is 22.6 Å². The Morgan fingerprint density at radius 1 is 1.14 bits per heavy atom. The van der Waals surface area contributed by atoms with Crippen molar-refractivity contribution in [1.29, 1.82) is 0 Å². The number of benzene rings is 2. The number of hydrogen-bond donors (Lipinski definition) is 0. The summed E-state index contributed by atoms with van der Waals surface area (Å²) in [5.41, 5.74) is 2.78. The molecule has 0 unspecified atom stereocenters. The second-order valence-corrected chi connectivity index (χ2v) is 6.28. The van der Waals surface area contributed by atoms with Gasteiger partial charge in [0.05, 0.1) is 0 Å². The maximum absolute atomic E-state index is 12.4. The van der Waals surface area contributed by atoms with Gasteiger partial charge in [0.1, 0.15) is 0 Å². The van der Waals surface area contributed by atoms with Crippen LogP contribution < -0.4 is 0 Å². The highest BCUT2D eigenvalue weighted by molar-refractivity contribution is 14.1. The maximum Gasteiger partial charge on any atom is 0.253 e. The molecule has 0 fully saturated rings. The third kappa shape index (κ3) is 3.77. The average Bonchev–Trinajstić information content (AvgIpc) is 2.51. The van der Waals surface area contributed by atoms with Crippen LogP contribution in [-0.4, -0.2) is 23.9 Å². The van der Waals surface area contributed by atoms with Crippen molar-refractivity contribution in [3.8, 4) is 11.1 Å². The quantitative estimate of drug-likeness (QED) is 0.639. The first-order valence-corrected chi connectivity index (χ1v) is 8.37. The Morgan fingerprint density at radius 2 is 1.86 bits per heavy atom. The van der Waals surface area contributed by atoms with Crippen LogP contribution >= 0.6 is 34.2 Å². The van der Waals surface area contributed by atoms with E-state index in [0.717, 1.165) is 14.7 Å². The van der Waals surface area contributed by atoms with Crippen molar-refractivity contribution in [2.75, 3.05) is 13.1 Å². The molecular formula is C17H17ClINO. The first-order valence-electron chi connectivity index (χ1n) is 6.91. The summed E-state index contributed by atoms with van der Waals surface area (Å²) < 4.78 is 1.12. The van der Waals surface area contributed by atoms with Crippen LogP contribution in [0.4, 0.5) is 0 Å². The van der Waals surface area contributed by atoms with E-state index in [4.69, 9.17) is 11.6 Å².